The SMILES string of the molecule is CCN(C)CCNC(=O)NC(=O)C(C)=C(C)C(=O)O. The lowest BCUT2D eigenvalue weighted by Crippen LogP contribution is -2.42. The summed E-state index contributed by atoms with van der Waals surface area (Å²) in [6, 6.07) is -0.632. The molecule has 0 aromatic heterocycles. The van der Waals surface area contributed by atoms with Gasteiger partial charge in [-0.25, -0.2) is 9.59 Å². The van der Waals surface area contributed by atoms with Crippen LogP contribution in [0.3, 0.4) is 0 Å². The van der Waals surface area contributed by atoms with Crippen molar-refractivity contribution in [2.24, 2.45) is 0 Å². The van der Waals surface area contributed by atoms with Crippen LogP contribution in [-0.2, 0) is 9.59 Å². The zero-order valence-corrected chi connectivity index (χ0v) is 11.7. The third kappa shape index (κ3) is 6.56. The Labute approximate surface area is 112 Å². The van der Waals surface area contributed by atoms with E-state index in [0.717, 1.165) is 6.54 Å². The molecule has 108 valence electrons. The van der Waals surface area contributed by atoms with Crippen LogP contribution >= 0.6 is 0 Å². The number of rotatable bonds is 6. The van der Waals surface area contributed by atoms with Crippen molar-refractivity contribution in [2.45, 2.75) is 20.8 Å². The predicted molar refractivity (Wildman–Crippen MR) is 70.7 cm³/mol. The fourth-order valence-corrected chi connectivity index (χ4v) is 1.09. The van der Waals surface area contributed by atoms with Gasteiger partial charge < -0.3 is 15.3 Å². The van der Waals surface area contributed by atoms with Crippen LogP contribution in [0, 0.1) is 0 Å². The van der Waals surface area contributed by atoms with Crippen LogP contribution < -0.4 is 10.6 Å². The molecule has 0 atom stereocenters. The number of carboxylic acids is 1. The number of carbonyl (C=O) groups is 3. The van der Waals surface area contributed by atoms with Gasteiger partial charge in [-0.3, -0.25) is 10.1 Å². The van der Waals surface area contributed by atoms with Crippen LogP contribution in [0.25, 0.3) is 0 Å². The number of imide groups is 1. The van der Waals surface area contributed by atoms with Crippen molar-refractivity contribution in [3.8, 4) is 0 Å². The topological polar surface area (TPSA) is 98.7 Å². The highest BCUT2D eigenvalue weighted by atomic mass is 16.4. The minimum atomic E-state index is -1.18. The maximum atomic E-state index is 11.5. The van der Waals surface area contributed by atoms with Gasteiger partial charge in [-0.05, 0) is 27.4 Å². The van der Waals surface area contributed by atoms with E-state index in [1.165, 1.54) is 13.8 Å². The maximum Gasteiger partial charge on any atom is 0.331 e. The van der Waals surface area contributed by atoms with Crippen molar-refractivity contribution >= 4 is 17.9 Å². The summed E-state index contributed by atoms with van der Waals surface area (Å²) in [6.45, 7) is 6.60. The van der Waals surface area contributed by atoms with Gasteiger partial charge in [0.1, 0.15) is 0 Å². The van der Waals surface area contributed by atoms with Crippen LogP contribution in [0.5, 0.6) is 0 Å². The molecule has 0 bridgehead atoms. The summed E-state index contributed by atoms with van der Waals surface area (Å²) in [6.07, 6.45) is 0. The Kier molecular flexibility index (Phi) is 7.43. The van der Waals surface area contributed by atoms with E-state index < -0.39 is 17.9 Å². The molecule has 0 saturated heterocycles. The molecule has 0 rings (SSSR count). The molecule has 0 heterocycles. The van der Waals surface area contributed by atoms with Gasteiger partial charge in [-0.2, -0.15) is 0 Å². The van der Waals surface area contributed by atoms with Gasteiger partial charge in [-0.1, -0.05) is 6.92 Å². The second-order valence-corrected chi connectivity index (χ2v) is 4.16. The molecule has 0 aliphatic carbocycles. The number of amides is 3. The average Bonchev–Trinajstić information content (AvgIpc) is 2.36. The molecule has 7 nitrogen and oxygen atoms in total. The summed E-state index contributed by atoms with van der Waals surface area (Å²) in [5, 5.41) is 13.3. The lowest BCUT2D eigenvalue weighted by atomic mass is 10.1. The van der Waals surface area contributed by atoms with Crippen LogP contribution in [0.4, 0.5) is 4.79 Å². The summed E-state index contributed by atoms with van der Waals surface area (Å²) in [5.74, 6) is -1.89. The van der Waals surface area contributed by atoms with Crippen LogP contribution in [0.2, 0.25) is 0 Å². The predicted octanol–water partition coefficient (Wildman–Crippen LogP) is 0.185. The van der Waals surface area contributed by atoms with Gasteiger partial charge >= 0.3 is 12.0 Å². The van der Waals surface area contributed by atoms with Gasteiger partial charge in [0.2, 0.25) is 0 Å². The fraction of sp³-hybridized carbons (Fsp3) is 0.583. The van der Waals surface area contributed by atoms with Crippen molar-refractivity contribution in [1.82, 2.24) is 15.5 Å². The molecule has 0 radical (unpaired) electrons. The number of carbonyl (C=O) groups excluding carboxylic acids is 2. The molecule has 3 amide bonds. The molecule has 7 heteroatoms. The van der Waals surface area contributed by atoms with Crippen LogP contribution in [-0.4, -0.2) is 54.6 Å². The molecular weight excluding hydrogens is 250 g/mol. The molecule has 0 fully saturated rings. The van der Waals surface area contributed by atoms with Gasteiger partial charge in [-0.15, -0.1) is 0 Å². The number of hydrogen-bond donors (Lipinski definition) is 3. The Morgan fingerprint density at radius 3 is 2.21 bits per heavy atom. The second-order valence-electron chi connectivity index (χ2n) is 4.16. The van der Waals surface area contributed by atoms with E-state index in [0.29, 0.717) is 13.1 Å². The van der Waals surface area contributed by atoms with Gasteiger partial charge in [0, 0.05) is 24.2 Å². The van der Waals surface area contributed by atoms with Crippen molar-refractivity contribution in [3.05, 3.63) is 11.1 Å². The van der Waals surface area contributed by atoms with E-state index in [4.69, 9.17) is 5.11 Å². The Morgan fingerprint density at radius 1 is 1.16 bits per heavy atom. The highest BCUT2D eigenvalue weighted by molar-refractivity contribution is 6.07. The van der Waals surface area contributed by atoms with Crippen molar-refractivity contribution in [3.63, 3.8) is 0 Å². The summed E-state index contributed by atoms with van der Waals surface area (Å²) >= 11 is 0. The van der Waals surface area contributed by atoms with Gasteiger partial charge in [0.25, 0.3) is 5.91 Å². The molecule has 0 aromatic rings. The van der Waals surface area contributed by atoms with Crippen LogP contribution in [0.1, 0.15) is 20.8 Å². The standard InChI is InChI=1S/C12H21N3O4/c1-5-15(4)7-6-13-12(19)14-10(16)8(2)9(3)11(17)18/h5-7H2,1-4H3,(H,17,18)(H2,13,14,16,19). The summed E-state index contributed by atoms with van der Waals surface area (Å²) < 4.78 is 0. The first-order chi connectivity index (χ1) is 8.79. The Hall–Kier alpha value is -1.89. The number of nitrogens with one attached hydrogen (secondary N) is 2. The highest BCUT2D eigenvalue weighted by Gasteiger charge is 2.14. The molecule has 0 spiro atoms. The molecule has 19 heavy (non-hydrogen) atoms. The zero-order chi connectivity index (χ0) is 15.0. The normalized spacial score (nSPS) is 11.8. The first-order valence-corrected chi connectivity index (χ1v) is 5.98. The number of nitrogens with zero attached hydrogens (tertiary/aromatic N) is 1. The summed E-state index contributed by atoms with van der Waals surface area (Å²) in [7, 11) is 1.91. The fourth-order valence-electron chi connectivity index (χ4n) is 1.09. The van der Waals surface area contributed by atoms with Crippen molar-refractivity contribution < 1.29 is 19.5 Å². The molecule has 0 aliphatic heterocycles. The second kappa shape index (κ2) is 8.25. The summed E-state index contributed by atoms with van der Waals surface area (Å²) in [5.41, 5.74) is -0.0793. The van der Waals surface area contributed by atoms with E-state index >= 15 is 0 Å². The van der Waals surface area contributed by atoms with E-state index in [1.807, 2.05) is 18.9 Å². The number of hydrogen-bond acceptors (Lipinski definition) is 4. The molecule has 0 unspecified atom stereocenters. The minimum Gasteiger partial charge on any atom is -0.478 e. The largest absolute Gasteiger partial charge is 0.478 e. The number of urea groups is 1. The third-order valence-corrected chi connectivity index (χ3v) is 2.77. The van der Waals surface area contributed by atoms with Gasteiger partial charge in [0.15, 0.2) is 0 Å². The lowest BCUT2D eigenvalue weighted by Gasteiger charge is -2.14. The maximum absolute atomic E-state index is 11.5. The smallest absolute Gasteiger partial charge is 0.331 e. The zero-order valence-electron chi connectivity index (χ0n) is 11.7. The first kappa shape index (κ1) is 17.1. The number of carboxylic acid groups (broad SMARTS) is 1. The minimum absolute atomic E-state index is 0.00771. The third-order valence-electron chi connectivity index (χ3n) is 2.77. The van der Waals surface area contributed by atoms with Gasteiger partial charge in [0.05, 0.1) is 0 Å². The van der Waals surface area contributed by atoms with Crippen LogP contribution in [0.15, 0.2) is 11.1 Å². The molecular formula is C12H21N3O4. The average molecular weight is 271 g/mol. The molecule has 0 aromatic carbocycles. The summed E-state index contributed by atoms with van der Waals surface area (Å²) in [4.78, 5) is 35.6. The Balaban J connectivity index is 4.24. The monoisotopic (exact) mass is 271 g/mol. The van der Waals surface area contributed by atoms with E-state index in [1.54, 1.807) is 0 Å². The molecule has 3 N–H and O–H groups in total. The molecule has 0 saturated carbocycles. The first-order valence-electron chi connectivity index (χ1n) is 5.98. The lowest BCUT2D eigenvalue weighted by molar-refractivity contribution is -0.133. The number of likely N-dealkylation sites (N-methyl/N-ethyl adjacent to an activating group) is 1. The molecule has 0 aliphatic rings. The van der Waals surface area contributed by atoms with E-state index in [-0.39, 0.29) is 11.1 Å². The van der Waals surface area contributed by atoms with E-state index in [2.05, 4.69) is 10.6 Å². The number of aliphatic carboxylic acids is 1. The van der Waals surface area contributed by atoms with Crippen molar-refractivity contribution in [1.29, 1.82) is 0 Å². The van der Waals surface area contributed by atoms with Crippen molar-refractivity contribution in [2.75, 3.05) is 26.7 Å². The highest BCUT2D eigenvalue weighted by Crippen LogP contribution is 2.02. The Morgan fingerprint density at radius 2 is 1.74 bits per heavy atom. The Bertz CT molecular complexity index is 390. The van der Waals surface area contributed by atoms with E-state index in [9.17, 15) is 14.4 Å². The quantitative estimate of drug-likeness (QED) is 0.599.